The first-order valence-corrected chi connectivity index (χ1v) is 8.02. The summed E-state index contributed by atoms with van der Waals surface area (Å²) in [6, 6.07) is 11.4. The summed E-state index contributed by atoms with van der Waals surface area (Å²) in [6.07, 6.45) is 1.56. The highest BCUT2D eigenvalue weighted by Gasteiger charge is 2.25. The minimum Gasteiger partial charge on any atom is -0.489 e. The van der Waals surface area contributed by atoms with Crippen molar-refractivity contribution in [2.45, 2.75) is 4.90 Å². The molecule has 0 amide bonds. The van der Waals surface area contributed by atoms with E-state index in [4.69, 9.17) is 4.74 Å². The molecule has 0 aliphatic rings. The standard InChI is InChI=1S/C15H14N2O5S/c1-2-10-22-13-7-5-6-12(11-13)16-23(20,21)15-9-4-3-8-14(15)17(18)19/h2-9,11,16H,1,10H2. The number of hydrogen-bond acceptors (Lipinski definition) is 5. The first-order chi connectivity index (χ1) is 10.9. The van der Waals surface area contributed by atoms with E-state index in [2.05, 4.69) is 11.3 Å². The minimum absolute atomic E-state index is 0.240. The van der Waals surface area contributed by atoms with Crippen LogP contribution in [-0.2, 0) is 10.0 Å². The van der Waals surface area contributed by atoms with Crippen molar-refractivity contribution in [3.63, 3.8) is 0 Å². The third-order valence-corrected chi connectivity index (χ3v) is 4.23. The van der Waals surface area contributed by atoms with Gasteiger partial charge in [0.1, 0.15) is 12.4 Å². The highest BCUT2D eigenvalue weighted by Crippen LogP contribution is 2.26. The molecule has 0 spiro atoms. The molecule has 0 aliphatic carbocycles. The summed E-state index contributed by atoms with van der Waals surface area (Å²) in [6.45, 7) is 3.80. The third kappa shape index (κ3) is 4.07. The van der Waals surface area contributed by atoms with Crippen molar-refractivity contribution in [2.75, 3.05) is 11.3 Å². The van der Waals surface area contributed by atoms with Crippen LogP contribution in [0.15, 0.2) is 66.1 Å². The lowest BCUT2D eigenvalue weighted by molar-refractivity contribution is -0.387. The Morgan fingerprint density at radius 1 is 1.22 bits per heavy atom. The van der Waals surface area contributed by atoms with E-state index in [-0.39, 0.29) is 12.3 Å². The number of nitro benzene ring substituents is 1. The Kier molecular flexibility index (Phi) is 4.97. The maximum absolute atomic E-state index is 12.4. The largest absolute Gasteiger partial charge is 0.489 e. The highest BCUT2D eigenvalue weighted by molar-refractivity contribution is 7.92. The molecular weight excluding hydrogens is 320 g/mol. The first-order valence-electron chi connectivity index (χ1n) is 6.54. The smallest absolute Gasteiger partial charge is 0.289 e. The number of para-hydroxylation sites is 1. The Morgan fingerprint density at radius 2 is 1.96 bits per heavy atom. The third-order valence-electron chi connectivity index (χ3n) is 2.81. The molecule has 8 heteroatoms. The Balaban J connectivity index is 2.32. The van der Waals surface area contributed by atoms with Crippen LogP contribution in [0.25, 0.3) is 0 Å². The molecule has 0 unspecified atom stereocenters. The van der Waals surface area contributed by atoms with Crippen molar-refractivity contribution >= 4 is 21.4 Å². The van der Waals surface area contributed by atoms with Gasteiger partial charge in [0, 0.05) is 12.1 Å². The minimum atomic E-state index is -4.09. The van der Waals surface area contributed by atoms with Crippen molar-refractivity contribution in [2.24, 2.45) is 0 Å². The number of nitro groups is 1. The van der Waals surface area contributed by atoms with Gasteiger partial charge in [-0.05, 0) is 18.2 Å². The maximum Gasteiger partial charge on any atom is 0.289 e. The van der Waals surface area contributed by atoms with Gasteiger partial charge >= 0.3 is 0 Å². The summed E-state index contributed by atoms with van der Waals surface area (Å²) in [5, 5.41) is 11.0. The summed E-state index contributed by atoms with van der Waals surface area (Å²) in [4.78, 5) is 9.84. The second-order valence-corrected chi connectivity index (χ2v) is 6.11. The van der Waals surface area contributed by atoms with E-state index in [1.807, 2.05) is 0 Å². The number of rotatable bonds is 7. The lowest BCUT2D eigenvalue weighted by atomic mass is 10.3. The number of ether oxygens (including phenoxy) is 1. The van der Waals surface area contributed by atoms with Gasteiger partial charge in [0.15, 0.2) is 4.90 Å². The molecule has 0 atom stereocenters. The number of anilines is 1. The normalized spacial score (nSPS) is 10.8. The molecule has 0 radical (unpaired) electrons. The van der Waals surface area contributed by atoms with E-state index in [9.17, 15) is 18.5 Å². The molecular formula is C15H14N2O5S. The average Bonchev–Trinajstić information content (AvgIpc) is 2.53. The molecule has 23 heavy (non-hydrogen) atoms. The van der Waals surface area contributed by atoms with Gasteiger partial charge in [0.05, 0.1) is 10.6 Å². The van der Waals surface area contributed by atoms with Crippen molar-refractivity contribution in [3.05, 3.63) is 71.3 Å². The Bertz CT molecular complexity index is 833. The number of nitrogens with one attached hydrogen (secondary N) is 1. The van der Waals surface area contributed by atoms with Crippen molar-refractivity contribution < 1.29 is 18.1 Å². The van der Waals surface area contributed by atoms with Crippen LogP contribution in [0.1, 0.15) is 0 Å². The summed E-state index contributed by atoms with van der Waals surface area (Å²) in [7, 11) is -4.09. The summed E-state index contributed by atoms with van der Waals surface area (Å²) in [5.74, 6) is 0.452. The lowest BCUT2D eigenvalue weighted by Crippen LogP contribution is -2.14. The summed E-state index contributed by atoms with van der Waals surface area (Å²) >= 11 is 0. The number of benzene rings is 2. The summed E-state index contributed by atoms with van der Waals surface area (Å²) < 4.78 is 32.4. The van der Waals surface area contributed by atoms with E-state index in [0.717, 1.165) is 6.07 Å². The topological polar surface area (TPSA) is 98.5 Å². The zero-order valence-electron chi connectivity index (χ0n) is 12.0. The molecule has 120 valence electrons. The van der Waals surface area contributed by atoms with Crippen LogP contribution in [0, 0.1) is 10.1 Å². The van der Waals surface area contributed by atoms with Crippen molar-refractivity contribution in [1.82, 2.24) is 0 Å². The van der Waals surface area contributed by atoms with Crippen LogP contribution in [0.5, 0.6) is 5.75 Å². The summed E-state index contributed by atoms with van der Waals surface area (Å²) in [5.41, 5.74) is -0.247. The van der Waals surface area contributed by atoms with Gasteiger partial charge in [0.2, 0.25) is 0 Å². The van der Waals surface area contributed by atoms with Gasteiger partial charge in [-0.1, -0.05) is 30.9 Å². The van der Waals surface area contributed by atoms with Gasteiger partial charge in [0.25, 0.3) is 15.7 Å². The molecule has 0 aromatic heterocycles. The van der Waals surface area contributed by atoms with Crippen LogP contribution in [-0.4, -0.2) is 19.9 Å². The van der Waals surface area contributed by atoms with Gasteiger partial charge in [-0.2, -0.15) is 0 Å². The van der Waals surface area contributed by atoms with E-state index in [1.165, 1.54) is 30.3 Å². The molecule has 0 aliphatic heterocycles. The van der Waals surface area contributed by atoms with Crippen LogP contribution < -0.4 is 9.46 Å². The van der Waals surface area contributed by atoms with Gasteiger partial charge in [-0.25, -0.2) is 8.42 Å². The number of nitrogens with zero attached hydrogens (tertiary/aromatic N) is 1. The monoisotopic (exact) mass is 334 g/mol. The second kappa shape index (κ2) is 6.93. The molecule has 2 aromatic carbocycles. The first kappa shape index (κ1) is 16.5. The molecule has 0 saturated heterocycles. The molecule has 0 saturated carbocycles. The van der Waals surface area contributed by atoms with E-state index in [1.54, 1.807) is 18.2 Å². The average molecular weight is 334 g/mol. The SMILES string of the molecule is C=CCOc1cccc(NS(=O)(=O)c2ccccc2[N+](=O)[O-])c1. The zero-order chi connectivity index (χ0) is 16.9. The fraction of sp³-hybridized carbons (Fsp3) is 0.0667. The molecule has 2 rings (SSSR count). The van der Waals surface area contributed by atoms with Gasteiger partial charge < -0.3 is 4.74 Å². The zero-order valence-corrected chi connectivity index (χ0v) is 12.8. The van der Waals surface area contributed by atoms with Crippen LogP contribution in [0.2, 0.25) is 0 Å². The number of hydrogen-bond donors (Lipinski definition) is 1. The van der Waals surface area contributed by atoms with Crippen LogP contribution in [0.4, 0.5) is 11.4 Å². The molecule has 0 fully saturated rings. The van der Waals surface area contributed by atoms with Crippen LogP contribution >= 0.6 is 0 Å². The predicted molar refractivity (Wildman–Crippen MR) is 86.0 cm³/mol. The molecule has 2 aromatic rings. The van der Waals surface area contributed by atoms with E-state index >= 15 is 0 Å². The van der Waals surface area contributed by atoms with Gasteiger partial charge in [-0.15, -0.1) is 0 Å². The van der Waals surface area contributed by atoms with E-state index < -0.39 is 25.5 Å². The molecule has 0 heterocycles. The Labute approximate surface area is 133 Å². The quantitative estimate of drug-likeness (QED) is 0.477. The predicted octanol–water partition coefficient (Wildman–Crippen LogP) is 2.96. The second-order valence-electron chi connectivity index (χ2n) is 4.46. The highest BCUT2D eigenvalue weighted by atomic mass is 32.2. The molecule has 7 nitrogen and oxygen atoms in total. The Hall–Kier alpha value is -2.87. The van der Waals surface area contributed by atoms with E-state index in [0.29, 0.717) is 5.75 Å². The lowest BCUT2D eigenvalue weighted by Gasteiger charge is -2.10. The van der Waals surface area contributed by atoms with Crippen LogP contribution in [0.3, 0.4) is 0 Å². The molecule has 0 bridgehead atoms. The fourth-order valence-electron chi connectivity index (χ4n) is 1.85. The van der Waals surface area contributed by atoms with Gasteiger partial charge in [-0.3, -0.25) is 14.8 Å². The van der Waals surface area contributed by atoms with Crippen molar-refractivity contribution in [1.29, 1.82) is 0 Å². The molecule has 1 N–H and O–H groups in total. The number of sulfonamides is 1. The van der Waals surface area contributed by atoms with Crippen molar-refractivity contribution in [3.8, 4) is 5.75 Å². The fourth-order valence-corrected chi connectivity index (χ4v) is 3.07. The Morgan fingerprint density at radius 3 is 2.65 bits per heavy atom. The maximum atomic E-state index is 12.4.